The Bertz CT molecular complexity index is 614. The molecule has 0 unspecified atom stereocenters. The van der Waals surface area contributed by atoms with E-state index in [4.69, 9.17) is 0 Å². The minimum Gasteiger partial charge on any atom is -0.185 e. The summed E-state index contributed by atoms with van der Waals surface area (Å²) in [5.41, 5.74) is 1.19. The average molecular weight is 232 g/mol. The molecule has 0 aliphatic rings. The third-order valence-electron chi connectivity index (χ3n) is 2.55. The molecule has 0 spiro atoms. The van der Waals surface area contributed by atoms with Crippen LogP contribution in [-0.4, -0.2) is 13.8 Å². The molecule has 82 valence electrons. The van der Waals surface area contributed by atoms with Crippen LogP contribution in [0.15, 0.2) is 42.5 Å². The second-order valence-electron chi connectivity index (χ2n) is 3.60. The van der Waals surface area contributed by atoms with Crippen molar-refractivity contribution in [1.82, 2.24) is 0 Å². The van der Waals surface area contributed by atoms with Gasteiger partial charge in [0.25, 0.3) is 0 Å². The molecule has 0 N–H and O–H groups in total. The normalized spacial score (nSPS) is 10.2. The number of hydrogen-bond acceptors (Lipinski definition) is 2. The van der Waals surface area contributed by atoms with E-state index in [-0.39, 0.29) is 0 Å². The third-order valence-corrected chi connectivity index (χ3v) is 3.06. The van der Waals surface area contributed by atoms with Gasteiger partial charge < -0.3 is 0 Å². The molecular weight excluding hydrogens is 220 g/mol. The highest BCUT2D eigenvalue weighted by Crippen LogP contribution is 2.19. The van der Waals surface area contributed by atoms with Crippen LogP contribution in [0.3, 0.4) is 0 Å². The van der Waals surface area contributed by atoms with Crippen LogP contribution >= 0.6 is 0 Å². The van der Waals surface area contributed by atoms with Crippen LogP contribution in [0.2, 0.25) is 0 Å². The van der Waals surface area contributed by atoms with E-state index >= 15 is 0 Å². The van der Waals surface area contributed by atoms with Crippen molar-refractivity contribution >= 4 is 26.4 Å². The Balaban J connectivity index is 2.34. The van der Waals surface area contributed by atoms with Crippen molar-refractivity contribution in [3.05, 3.63) is 48.0 Å². The maximum absolute atomic E-state index is 10.4. The number of hydrogen-bond donors (Lipinski definition) is 0. The van der Waals surface area contributed by atoms with Crippen molar-refractivity contribution in [3.8, 4) is 0 Å². The summed E-state index contributed by atoms with van der Waals surface area (Å²) in [5, 5.41) is 3.71. The zero-order valence-electron chi connectivity index (χ0n) is 8.76. The fourth-order valence-corrected chi connectivity index (χ4v) is 2.13. The molecular formula is C13H12O2S. The van der Waals surface area contributed by atoms with Gasteiger partial charge in [0.2, 0.25) is 10.3 Å². The van der Waals surface area contributed by atoms with Crippen LogP contribution in [0.5, 0.6) is 0 Å². The van der Waals surface area contributed by atoms with Gasteiger partial charge in [0.05, 0.1) is 0 Å². The summed E-state index contributed by atoms with van der Waals surface area (Å²) in [6.07, 6.45) is 1.32. The van der Waals surface area contributed by atoms with E-state index in [1.807, 2.05) is 24.3 Å². The standard InChI is InChI=1S/C13H12O2S/c14-16(15)10-4-8-12-7-3-6-11-5-1-2-9-13(11)12/h1-3,5-7,9-10H,4,8H2. The van der Waals surface area contributed by atoms with Crippen molar-refractivity contribution in [2.75, 3.05) is 0 Å². The van der Waals surface area contributed by atoms with Crippen LogP contribution in [0, 0.1) is 0 Å². The third kappa shape index (κ3) is 2.49. The molecule has 0 aromatic heterocycles. The zero-order chi connectivity index (χ0) is 11.4. The molecule has 0 saturated carbocycles. The number of benzene rings is 2. The fourth-order valence-electron chi connectivity index (χ4n) is 1.82. The molecule has 2 nitrogen and oxygen atoms in total. The highest BCUT2D eigenvalue weighted by atomic mass is 32.2. The Morgan fingerprint density at radius 1 is 1.00 bits per heavy atom. The lowest BCUT2D eigenvalue weighted by molar-refractivity contribution is 0.627. The summed E-state index contributed by atoms with van der Waals surface area (Å²) < 4.78 is 20.8. The highest BCUT2D eigenvalue weighted by molar-refractivity contribution is 7.71. The molecule has 0 saturated heterocycles. The van der Waals surface area contributed by atoms with E-state index in [2.05, 4.69) is 18.2 Å². The van der Waals surface area contributed by atoms with Gasteiger partial charge in [-0.1, -0.05) is 42.5 Å². The lowest BCUT2D eigenvalue weighted by atomic mass is 10.0. The van der Waals surface area contributed by atoms with Gasteiger partial charge in [-0.3, -0.25) is 0 Å². The molecule has 0 heterocycles. The SMILES string of the molecule is O=S(=O)=CCCc1cccc2ccccc12. The first-order valence-corrected chi connectivity index (χ1v) is 6.29. The van der Waals surface area contributed by atoms with Crippen LogP contribution in [-0.2, 0) is 16.7 Å². The molecule has 2 rings (SSSR count). The Labute approximate surface area is 96.1 Å². The van der Waals surface area contributed by atoms with Crippen LogP contribution < -0.4 is 0 Å². The summed E-state index contributed by atoms with van der Waals surface area (Å²) in [6.45, 7) is 0. The molecule has 2 aromatic rings. The first-order chi connectivity index (χ1) is 7.77. The summed E-state index contributed by atoms with van der Waals surface area (Å²) in [6, 6.07) is 14.3. The van der Waals surface area contributed by atoms with Crippen LogP contribution in [0.1, 0.15) is 12.0 Å². The summed E-state index contributed by atoms with van der Waals surface area (Å²) >= 11 is 0. The van der Waals surface area contributed by atoms with Gasteiger partial charge in [0.1, 0.15) is 0 Å². The quantitative estimate of drug-likeness (QED) is 0.762. The first-order valence-electron chi connectivity index (χ1n) is 5.15. The Morgan fingerprint density at radius 2 is 1.75 bits per heavy atom. The number of rotatable bonds is 3. The molecule has 0 radical (unpaired) electrons. The minimum absolute atomic E-state index is 0.560. The number of fused-ring (bicyclic) bond motifs is 1. The monoisotopic (exact) mass is 232 g/mol. The zero-order valence-corrected chi connectivity index (χ0v) is 9.57. The predicted octanol–water partition coefficient (Wildman–Crippen LogP) is 2.45. The molecule has 16 heavy (non-hydrogen) atoms. The highest BCUT2D eigenvalue weighted by Gasteiger charge is 1.98. The number of aryl methyl sites for hydroxylation is 1. The Hall–Kier alpha value is -1.61. The summed E-state index contributed by atoms with van der Waals surface area (Å²) in [7, 11) is -2.05. The van der Waals surface area contributed by atoms with Gasteiger partial charge in [-0.15, -0.1) is 0 Å². The Morgan fingerprint density at radius 3 is 2.56 bits per heavy atom. The molecule has 0 atom stereocenters. The van der Waals surface area contributed by atoms with E-state index in [1.54, 1.807) is 0 Å². The van der Waals surface area contributed by atoms with Gasteiger partial charge >= 0.3 is 0 Å². The molecule has 0 aliphatic heterocycles. The van der Waals surface area contributed by atoms with Crippen molar-refractivity contribution in [2.45, 2.75) is 12.8 Å². The topological polar surface area (TPSA) is 34.1 Å². The Kier molecular flexibility index (Phi) is 3.37. The van der Waals surface area contributed by atoms with Gasteiger partial charge in [0.15, 0.2) is 0 Å². The summed E-state index contributed by atoms with van der Waals surface area (Å²) in [4.78, 5) is 0. The van der Waals surface area contributed by atoms with E-state index in [0.717, 1.165) is 6.42 Å². The minimum atomic E-state index is -2.05. The maximum Gasteiger partial charge on any atom is 0.209 e. The molecule has 0 amide bonds. The predicted molar refractivity (Wildman–Crippen MR) is 67.3 cm³/mol. The van der Waals surface area contributed by atoms with Gasteiger partial charge in [-0.05, 0) is 29.2 Å². The molecule has 0 aliphatic carbocycles. The first kappa shape index (κ1) is 10.9. The second-order valence-corrected chi connectivity index (χ2v) is 4.46. The van der Waals surface area contributed by atoms with E-state index in [9.17, 15) is 8.42 Å². The van der Waals surface area contributed by atoms with Gasteiger partial charge in [-0.25, -0.2) is 0 Å². The fraction of sp³-hybridized carbons (Fsp3) is 0.154. The van der Waals surface area contributed by atoms with E-state index in [1.165, 1.54) is 21.7 Å². The average Bonchev–Trinajstić information content (AvgIpc) is 2.29. The van der Waals surface area contributed by atoms with Crippen LogP contribution in [0.25, 0.3) is 10.8 Å². The lowest BCUT2D eigenvalue weighted by Gasteiger charge is -2.03. The maximum atomic E-state index is 10.4. The van der Waals surface area contributed by atoms with Crippen LogP contribution in [0.4, 0.5) is 0 Å². The largest absolute Gasteiger partial charge is 0.209 e. The molecule has 0 fully saturated rings. The van der Waals surface area contributed by atoms with Crippen molar-refractivity contribution in [3.63, 3.8) is 0 Å². The van der Waals surface area contributed by atoms with E-state index in [0.29, 0.717) is 6.42 Å². The van der Waals surface area contributed by atoms with Crippen molar-refractivity contribution in [2.24, 2.45) is 0 Å². The smallest absolute Gasteiger partial charge is 0.185 e. The molecule has 0 bridgehead atoms. The molecule has 3 heteroatoms. The van der Waals surface area contributed by atoms with E-state index < -0.39 is 10.3 Å². The van der Waals surface area contributed by atoms with Crippen molar-refractivity contribution in [1.29, 1.82) is 0 Å². The molecule has 2 aromatic carbocycles. The lowest BCUT2D eigenvalue weighted by Crippen LogP contribution is -1.88. The van der Waals surface area contributed by atoms with Gasteiger partial charge in [-0.2, -0.15) is 8.42 Å². The van der Waals surface area contributed by atoms with Crippen molar-refractivity contribution < 1.29 is 8.42 Å². The summed E-state index contributed by atoms with van der Waals surface area (Å²) in [5.74, 6) is 0. The van der Waals surface area contributed by atoms with Gasteiger partial charge in [0, 0.05) is 5.37 Å². The second kappa shape index (κ2) is 4.94.